The highest BCUT2D eigenvalue weighted by Crippen LogP contribution is 2.03. The van der Waals surface area contributed by atoms with Crippen LogP contribution in [0.5, 0.6) is 0 Å². The zero-order valence-corrected chi connectivity index (χ0v) is 13.5. The van der Waals surface area contributed by atoms with Crippen LogP contribution in [0.2, 0.25) is 0 Å². The monoisotopic (exact) mass is 330 g/mol. The van der Waals surface area contributed by atoms with Crippen LogP contribution in [0.15, 0.2) is 53.5 Å². The Balaban J connectivity index is 2.21. The fourth-order valence-electron chi connectivity index (χ4n) is 2.05. The molecule has 0 bridgehead atoms. The molecule has 1 heterocycles. The number of hydrazine groups is 1. The van der Waals surface area contributed by atoms with Crippen molar-refractivity contribution in [2.45, 2.75) is 13.5 Å². The van der Waals surface area contributed by atoms with E-state index in [2.05, 4.69) is 5.43 Å². The molecule has 2 aromatic rings. The lowest BCUT2D eigenvalue weighted by Gasteiger charge is -2.21. The molecule has 7 heteroatoms. The van der Waals surface area contributed by atoms with E-state index < -0.39 is 0 Å². The Kier molecular flexibility index (Phi) is 5.48. The van der Waals surface area contributed by atoms with Gasteiger partial charge >= 0.3 is 0 Å². The molecule has 2 rings (SSSR count). The normalized spacial score (nSPS) is 10.1. The molecule has 0 fully saturated rings. The Morgan fingerprint density at radius 2 is 1.96 bits per heavy atom. The number of pyridine rings is 1. The third-order valence-corrected chi connectivity index (χ3v) is 3.48. The van der Waals surface area contributed by atoms with Gasteiger partial charge < -0.3 is 10.3 Å². The van der Waals surface area contributed by atoms with E-state index in [0.29, 0.717) is 18.7 Å². The Morgan fingerprint density at radius 3 is 2.57 bits per heavy atom. The predicted molar refractivity (Wildman–Crippen MR) is 92.9 cm³/mol. The first-order valence-electron chi connectivity index (χ1n) is 7.13. The number of rotatable bonds is 4. The first kappa shape index (κ1) is 16.7. The van der Waals surface area contributed by atoms with Crippen LogP contribution >= 0.6 is 12.2 Å². The maximum absolute atomic E-state index is 12.3. The predicted octanol–water partition coefficient (Wildman–Crippen LogP) is 1.11. The minimum Gasteiger partial charge on any atom is -0.375 e. The smallest absolute Gasteiger partial charge is 0.271 e. The van der Waals surface area contributed by atoms with E-state index >= 15 is 0 Å². The van der Waals surface area contributed by atoms with Gasteiger partial charge in [-0.2, -0.15) is 0 Å². The van der Waals surface area contributed by atoms with Gasteiger partial charge in [0.2, 0.25) is 0 Å². The number of hydrogen-bond acceptors (Lipinski definition) is 3. The Bertz CT molecular complexity index is 758. The molecule has 0 radical (unpaired) electrons. The van der Waals surface area contributed by atoms with E-state index in [9.17, 15) is 9.59 Å². The number of thiocarbonyl (C=S) groups is 1. The molecule has 0 unspecified atom stereocenters. The van der Waals surface area contributed by atoms with Crippen LogP contribution in [0.25, 0.3) is 0 Å². The molecule has 0 saturated heterocycles. The van der Waals surface area contributed by atoms with Gasteiger partial charge in [0, 0.05) is 18.8 Å². The summed E-state index contributed by atoms with van der Waals surface area (Å²) in [6.07, 6.45) is 1.53. The van der Waals surface area contributed by atoms with Crippen molar-refractivity contribution in [3.05, 3.63) is 70.1 Å². The van der Waals surface area contributed by atoms with E-state index in [-0.39, 0.29) is 16.6 Å². The van der Waals surface area contributed by atoms with Crippen LogP contribution < -0.4 is 16.7 Å². The largest absolute Gasteiger partial charge is 0.375 e. The summed E-state index contributed by atoms with van der Waals surface area (Å²) in [4.78, 5) is 24.2. The molecule has 0 aliphatic heterocycles. The van der Waals surface area contributed by atoms with Crippen LogP contribution in [0.1, 0.15) is 22.8 Å². The number of carbonyl (C=O) groups excluding carboxylic acids is 1. The molecule has 0 atom stereocenters. The molecule has 1 aromatic carbocycles. The second kappa shape index (κ2) is 7.55. The summed E-state index contributed by atoms with van der Waals surface area (Å²) in [5, 5.41) is 1.45. The van der Waals surface area contributed by atoms with Gasteiger partial charge in [0.05, 0.1) is 12.1 Å². The molecule has 1 aromatic heterocycles. The minimum absolute atomic E-state index is 0.0819. The lowest BCUT2D eigenvalue weighted by atomic mass is 10.2. The average Bonchev–Trinajstić information content (AvgIpc) is 2.55. The zero-order chi connectivity index (χ0) is 16.8. The number of nitrogens with two attached hydrogens (primary N) is 1. The minimum atomic E-state index is -0.374. The van der Waals surface area contributed by atoms with Crippen LogP contribution in [-0.2, 0) is 6.54 Å². The van der Waals surface area contributed by atoms with Crippen molar-refractivity contribution in [2.24, 2.45) is 5.73 Å². The lowest BCUT2D eigenvalue weighted by molar-refractivity contribution is 0.0874. The average molecular weight is 330 g/mol. The molecule has 0 saturated carbocycles. The van der Waals surface area contributed by atoms with Gasteiger partial charge in [0.25, 0.3) is 11.5 Å². The maximum atomic E-state index is 12.3. The molecule has 0 spiro atoms. The molecular weight excluding hydrogens is 312 g/mol. The first-order chi connectivity index (χ1) is 11.0. The number of benzene rings is 1. The van der Waals surface area contributed by atoms with E-state index in [4.69, 9.17) is 18.0 Å². The highest BCUT2D eigenvalue weighted by atomic mass is 32.1. The zero-order valence-electron chi connectivity index (χ0n) is 12.7. The highest BCUT2D eigenvalue weighted by molar-refractivity contribution is 7.80. The standard InChI is InChI=1S/C16H18N4O2S/c1-2-20(16(17)23)18-15(22)13-8-9-14(21)19(11-13)10-12-6-4-3-5-7-12/h3-9,11H,2,10H2,1H3,(H2,17,23)(H,18,22). The van der Waals surface area contributed by atoms with Gasteiger partial charge in [-0.3, -0.25) is 20.0 Å². The number of hydrogen-bond donors (Lipinski definition) is 2. The number of nitrogens with one attached hydrogen (secondary N) is 1. The van der Waals surface area contributed by atoms with Crippen molar-refractivity contribution < 1.29 is 4.79 Å². The summed E-state index contributed by atoms with van der Waals surface area (Å²) >= 11 is 4.85. The van der Waals surface area contributed by atoms with E-state index in [1.54, 1.807) is 0 Å². The lowest BCUT2D eigenvalue weighted by Crippen LogP contribution is -2.48. The second-order valence-corrected chi connectivity index (χ2v) is 5.31. The van der Waals surface area contributed by atoms with Crippen LogP contribution in [0.4, 0.5) is 0 Å². The number of nitrogens with zero attached hydrogens (tertiary/aromatic N) is 2. The highest BCUT2D eigenvalue weighted by Gasteiger charge is 2.12. The van der Waals surface area contributed by atoms with Crippen molar-refractivity contribution in [3.8, 4) is 0 Å². The van der Waals surface area contributed by atoms with Crippen molar-refractivity contribution >= 4 is 23.2 Å². The van der Waals surface area contributed by atoms with Crippen LogP contribution in [-0.4, -0.2) is 27.1 Å². The maximum Gasteiger partial charge on any atom is 0.271 e. The van der Waals surface area contributed by atoms with E-state index in [1.165, 1.54) is 27.9 Å². The number of aromatic nitrogens is 1. The van der Waals surface area contributed by atoms with Gasteiger partial charge in [0.15, 0.2) is 5.11 Å². The molecule has 120 valence electrons. The first-order valence-corrected chi connectivity index (χ1v) is 7.54. The second-order valence-electron chi connectivity index (χ2n) is 4.89. The van der Waals surface area contributed by atoms with Crippen molar-refractivity contribution in [1.29, 1.82) is 0 Å². The Labute approximate surface area is 139 Å². The van der Waals surface area contributed by atoms with Crippen molar-refractivity contribution in [1.82, 2.24) is 15.0 Å². The van der Waals surface area contributed by atoms with E-state index in [0.717, 1.165) is 5.56 Å². The fraction of sp³-hybridized carbons (Fsp3) is 0.188. The van der Waals surface area contributed by atoms with Gasteiger partial charge in [0.1, 0.15) is 0 Å². The third-order valence-electron chi connectivity index (χ3n) is 3.26. The third kappa shape index (κ3) is 4.40. The number of amides is 1. The van der Waals surface area contributed by atoms with Gasteiger partial charge in [-0.1, -0.05) is 30.3 Å². The van der Waals surface area contributed by atoms with Gasteiger partial charge in [-0.25, -0.2) is 0 Å². The SMILES string of the molecule is CCN(NC(=O)c1ccc(=O)n(Cc2ccccc2)c1)C(N)=S. The quantitative estimate of drug-likeness (QED) is 0.648. The summed E-state index contributed by atoms with van der Waals surface area (Å²) in [5.74, 6) is -0.374. The Morgan fingerprint density at radius 1 is 1.26 bits per heavy atom. The van der Waals surface area contributed by atoms with Gasteiger partial charge in [-0.15, -0.1) is 0 Å². The van der Waals surface area contributed by atoms with Crippen LogP contribution in [0, 0.1) is 0 Å². The topological polar surface area (TPSA) is 80.4 Å². The molecule has 23 heavy (non-hydrogen) atoms. The summed E-state index contributed by atoms with van der Waals surface area (Å²) in [6, 6.07) is 12.4. The molecule has 0 aliphatic carbocycles. The van der Waals surface area contributed by atoms with E-state index in [1.807, 2.05) is 37.3 Å². The summed E-state index contributed by atoms with van der Waals surface area (Å²) in [5.41, 5.74) is 9.28. The summed E-state index contributed by atoms with van der Waals surface area (Å²) in [6.45, 7) is 2.66. The van der Waals surface area contributed by atoms with Crippen molar-refractivity contribution in [3.63, 3.8) is 0 Å². The summed E-state index contributed by atoms with van der Waals surface area (Å²) in [7, 11) is 0. The van der Waals surface area contributed by atoms with Crippen LogP contribution in [0.3, 0.4) is 0 Å². The molecular formula is C16H18N4O2S. The van der Waals surface area contributed by atoms with Gasteiger partial charge in [-0.05, 0) is 30.8 Å². The number of carbonyl (C=O) groups is 1. The summed E-state index contributed by atoms with van der Waals surface area (Å²) < 4.78 is 1.49. The Hall–Kier alpha value is -2.67. The fourth-order valence-corrected chi connectivity index (χ4v) is 2.22. The molecule has 3 N–H and O–H groups in total. The molecule has 0 aliphatic rings. The molecule has 1 amide bonds. The van der Waals surface area contributed by atoms with Crippen molar-refractivity contribution in [2.75, 3.05) is 6.54 Å². The molecule has 6 nitrogen and oxygen atoms in total.